The minimum absolute atomic E-state index is 0.0133. The quantitative estimate of drug-likeness (QED) is 0.400. The van der Waals surface area contributed by atoms with Crippen LogP contribution in [0.2, 0.25) is 0 Å². The molecule has 2 heterocycles. The number of alkyl halides is 3. The van der Waals surface area contributed by atoms with Crippen LogP contribution in [0.5, 0.6) is 0 Å². The molecule has 214 valence electrons. The van der Waals surface area contributed by atoms with E-state index in [1.807, 2.05) is 24.3 Å². The van der Waals surface area contributed by atoms with Gasteiger partial charge in [-0.2, -0.15) is 17.5 Å². The molecule has 1 aliphatic heterocycles. The highest BCUT2D eigenvalue weighted by Gasteiger charge is 2.41. The third-order valence-corrected chi connectivity index (χ3v) is 9.48. The number of hydrogen-bond acceptors (Lipinski definition) is 7. The van der Waals surface area contributed by atoms with E-state index in [4.69, 9.17) is 0 Å². The summed E-state index contributed by atoms with van der Waals surface area (Å²) in [6, 6.07) is 9.46. The molecule has 2 aromatic carbocycles. The Bertz CT molecular complexity index is 1470. The summed E-state index contributed by atoms with van der Waals surface area (Å²) in [6.07, 6.45) is -3.45. The molecule has 9 nitrogen and oxygen atoms in total. The van der Waals surface area contributed by atoms with Gasteiger partial charge in [0.1, 0.15) is 10.9 Å². The molecule has 3 aromatic rings. The van der Waals surface area contributed by atoms with Crippen molar-refractivity contribution in [3.8, 4) is 0 Å². The fraction of sp³-hybridized carbons (Fsp3) is 0.346. The van der Waals surface area contributed by atoms with E-state index in [0.717, 1.165) is 38.9 Å². The van der Waals surface area contributed by atoms with Crippen LogP contribution in [0.1, 0.15) is 46.1 Å². The third-order valence-electron chi connectivity index (χ3n) is 6.51. The Balaban J connectivity index is 1.59. The average Bonchev–Trinajstić information content (AvgIpc) is 3.42. The van der Waals surface area contributed by atoms with Crippen LogP contribution in [0.25, 0.3) is 0 Å². The van der Waals surface area contributed by atoms with E-state index in [0.29, 0.717) is 23.2 Å². The molecule has 1 fully saturated rings. The van der Waals surface area contributed by atoms with Crippen LogP contribution in [0.3, 0.4) is 0 Å². The van der Waals surface area contributed by atoms with Gasteiger partial charge in [-0.1, -0.05) is 49.4 Å². The lowest BCUT2D eigenvalue weighted by atomic mass is 10.0. The Hall–Kier alpha value is -3.49. The van der Waals surface area contributed by atoms with E-state index in [1.54, 1.807) is 4.90 Å². The lowest BCUT2D eigenvalue weighted by Crippen LogP contribution is -2.60. The van der Waals surface area contributed by atoms with Crippen molar-refractivity contribution >= 4 is 38.4 Å². The highest BCUT2D eigenvalue weighted by Crippen LogP contribution is 2.32. The summed E-state index contributed by atoms with van der Waals surface area (Å²) in [5.74, 6) is -1.44. The number of sulfonamides is 1. The summed E-state index contributed by atoms with van der Waals surface area (Å²) < 4.78 is 67.1. The van der Waals surface area contributed by atoms with E-state index in [2.05, 4.69) is 24.1 Å². The summed E-state index contributed by atoms with van der Waals surface area (Å²) in [5.41, 5.74) is 0.927. The number of nitrogens with zero attached hydrogens (tertiary/aromatic N) is 3. The second-order valence-electron chi connectivity index (χ2n) is 9.53. The van der Waals surface area contributed by atoms with E-state index in [9.17, 15) is 36.3 Å². The minimum atomic E-state index is -4.63. The predicted octanol–water partition coefficient (Wildman–Crippen LogP) is 4.18. The molecular formula is C26H27F3N4O5S2. The van der Waals surface area contributed by atoms with Crippen molar-refractivity contribution in [3.05, 3.63) is 76.3 Å². The largest absolute Gasteiger partial charge is 0.477 e. The number of hydrogen-bond donors (Lipinski definition) is 2. The van der Waals surface area contributed by atoms with Crippen LogP contribution in [0.4, 0.5) is 18.3 Å². The van der Waals surface area contributed by atoms with Crippen molar-refractivity contribution in [2.75, 3.05) is 24.5 Å². The lowest BCUT2D eigenvalue weighted by Gasteiger charge is -2.39. The molecule has 0 aliphatic carbocycles. The number of aromatic nitrogens is 1. The molecule has 1 saturated heterocycles. The van der Waals surface area contributed by atoms with Crippen LogP contribution in [0.15, 0.2) is 59.6 Å². The number of amides is 1. The number of halogens is 3. The molecule has 1 amide bonds. The van der Waals surface area contributed by atoms with Gasteiger partial charge in [-0.25, -0.2) is 18.2 Å². The summed E-state index contributed by atoms with van der Waals surface area (Å²) in [7, 11) is -4.36. The average molecular weight is 597 g/mol. The minimum Gasteiger partial charge on any atom is -0.477 e. The van der Waals surface area contributed by atoms with Gasteiger partial charge in [0.2, 0.25) is 15.9 Å². The molecule has 2 N–H and O–H groups in total. The molecule has 1 aliphatic rings. The number of carbonyl (C=O) groups is 2. The van der Waals surface area contributed by atoms with E-state index >= 15 is 0 Å². The smallest absolute Gasteiger partial charge is 0.416 e. The first-order valence-corrected chi connectivity index (χ1v) is 14.5. The van der Waals surface area contributed by atoms with Gasteiger partial charge in [0.15, 0.2) is 5.13 Å². The Morgan fingerprint density at radius 1 is 1.10 bits per heavy atom. The van der Waals surface area contributed by atoms with Gasteiger partial charge in [0.05, 0.1) is 16.7 Å². The standard InChI is InChI=1S/C26H27F3N4O5S2/c1-16(2)18-5-3-17(4-6-18)13-30-23(34)21-15-32(25-31-14-22(39-25)24(35)36)11-12-33(21)40(37,38)20-9-7-19(8-10-20)26(27,28)29/h3-10,14,16,21H,11-13,15H2,1-2H3,(H,30,34)(H,35,36). The van der Waals surface area contributed by atoms with E-state index < -0.39 is 39.7 Å². The van der Waals surface area contributed by atoms with Gasteiger partial charge in [0.25, 0.3) is 0 Å². The number of piperazine rings is 1. The van der Waals surface area contributed by atoms with Gasteiger partial charge in [-0.05, 0) is 41.3 Å². The number of thiazole rings is 1. The summed E-state index contributed by atoms with van der Waals surface area (Å²) in [4.78, 5) is 30.1. The normalized spacial score (nSPS) is 16.8. The molecule has 1 unspecified atom stereocenters. The molecule has 4 rings (SSSR count). The van der Waals surface area contributed by atoms with Crippen molar-refractivity contribution in [3.63, 3.8) is 0 Å². The summed E-state index contributed by atoms with van der Waals surface area (Å²) in [5, 5.41) is 12.3. The second kappa shape index (κ2) is 11.6. The fourth-order valence-corrected chi connectivity index (χ4v) is 6.59. The summed E-state index contributed by atoms with van der Waals surface area (Å²) in [6.45, 7) is 4.02. The molecule has 0 radical (unpaired) electrons. The monoisotopic (exact) mass is 596 g/mol. The lowest BCUT2D eigenvalue weighted by molar-refractivity contribution is -0.137. The first-order valence-electron chi connectivity index (χ1n) is 12.3. The maximum absolute atomic E-state index is 13.5. The fourth-order valence-electron chi connectivity index (χ4n) is 4.23. The van der Waals surface area contributed by atoms with Gasteiger partial charge in [0, 0.05) is 26.2 Å². The molecule has 1 aromatic heterocycles. The molecule has 1 atom stereocenters. The van der Waals surface area contributed by atoms with E-state index in [1.165, 1.54) is 6.20 Å². The van der Waals surface area contributed by atoms with E-state index in [-0.39, 0.29) is 36.0 Å². The first-order chi connectivity index (χ1) is 18.8. The Labute approximate surface area is 233 Å². The third kappa shape index (κ3) is 6.45. The molecule has 40 heavy (non-hydrogen) atoms. The van der Waals surface area contributed by atoms with Gasteiger partial charge in [-0.3, -0.25) is 4.79 Å². The number of carboxylic acid groups (broad SMARTS) is 1. The maximum atomic E-state index is 13.5. The first kappa shape index (κ1) is 29.5. The van der Waals surface area contributed by atoms with Crippen molar-refractivity contribution in [1.82, 2.24) is 14.6 Å². The van der Waals surface area contributed by atoms with Crippen LogP contribution >= 0.6 is 11.3 Å². The topological polar surface area (TPSA) is 120 Å². The zero-order chi connectivity index (χ0) is 29.2. The molecular weight excluding hydrogens is 569 g/mol. The number of nitrogens with one attached hydrogen (secondary N) is 1. The van der Waals surface area contributed by atoms with Crippen LogP contribution in [-0.4, -0.2) is 60.4 Å². The zero-order valence-electron chi connectivity index (χ0n) is 21.6. The SMILES string of the molecule is CC(C)c1ccc(CNC(=O)C2CN(c3ncc(C(=O)O)s3)CCN2S(=O)(=O)c2ccc(C(F)(F)F)cc2)cc1. The number of benzene rings is 2. The maximum Gasteiger partial charge on any atom is 0.416 e. The zero-order valence-corrected chi connectivity index (χ0v) is 23.2. The number of aromatic carboxylic acids is 1. The van der Waals surface area contributed by atoms with Gasteiger partial charge < -0.3 is 15.3 Å². The molecule has 0 spiro atoms. The predicted molar refractivity (Wildman–Crippen MR) is 143 cm³/mol. The molecule has 0 saturated carbocycles. The second-order valence-corrected chi connectivity index (χ2v) is 12.4. The molecule has 0 bridgehead atoms. The Morgan fingerprint density at radius 2 is 1.75 bits per heavy atom. The van der Waals surface area contributed by atoms with Crippen molar-refractivity contribution < 1.29 is 36.3 Å². The Morgan fingerprint density at radius 3 is 2.30 bits per heavy atom. The number of carbonyl (C=O) groups excluding carboxylic acids is 1. The van der Waals surface area contributed by atoms with Crippen molar-refractivity contribution in [2.45, 2.75) is 43.4 Å². The van der Waals surface area contributed by atoms with Gasteiger partial charge in [-0.15, -0.1) is 0 Å². The highest BCUT2D eigenvalue weighted by atomic mass is 32.2. The Kier molecular flexibility index (Phi) is 8.52. The number of rotatable bonds is 8. The van der Waals surface area contributed by atoms with Crippen molar-refractivity contribution in [2.24, 2.45) is 0 Å². The van der Waals surface area contributed by atoms with Crippen LogP contribution < -0.4 is 10.2 Å². The number of carboxylic acids is 1. The number of anilines is 1. The van der Waals surface area contributed by atoms with Gasteiger partial charge >= 0.3 is 12.1 Å². The molecule has 14 heteroatoms. The van der Waals surface area contributed by atoms with Crippen LogP contribution in [0, 0.1) is 0 Å². The summed E-state index contributed by atoms with van der Waals surface area (Å²) >= 11 is 0.893. The highest BCUT2D eigenvalue weighted by molar-refractivity contribution is 7.89. The van der Waals surface area contributed by atoms with Crippen LogP contribution in [-0.2, 0) is 27.5 Å². The van der Waals surface area contributed by atoms with Crippen molar-refractivity contribution in [1.29, 1.82) is 0 Å².